The Morgan fingerprint density at radius 1 is 1.20 bits per heavy atom. The SMILES string of the molecule is C[C@@H]1C[C@H](N=S(C)(C)=O)CN(c2ccnc(-c3cnc4ccc(C(F)F)cn34)n2)C1. The normalized spacial score (nSPS) is 20.1. The number of aromatic nitrogens is 4. The molecule has 10 heteroatoms. The fourth-order valence-corrected chi connectivity index (χ4v) is 4.75. The summed E-state index contributed by atoms with van der Waals surface area (Å²) in [7, 11) is -2.19. The summed E-state index contributed by atoms with van der Waals surface area (Å²) < 4.78 is 44.5. The van der Waals surface area contributed by atoms with Crippen LogP contribution in [0.25, 0.3) is 17.2 Å². The van der Waals surface area contributed by atoms with Crippen LogP contribution in [-0.4, -0.2) is 55.2 Å². The van der Waals surface area contributed by atoms with Gasteiger partial charge in [0.05, 0.1) is 12.2 Å². The molecule has 0 spiro atoms. The molecule has 0 unspecified atom stereocenters. The lowest BCUT2D eigenvalue weighted by Crippen LogP contribution is -2.42. The van der Waals surface area contributed by atoms with E-state index >= 15 is 0 Å². The van der Waals surface area contributed by atoms with Crippen molar-refractivity contribution in [1.82, 2.24) is 19.4 Å². The predicted octanol–water partition coefficient (Wildman–Crippen LogP) is 3.67. The van der Waals surface area contributed by atoms with Crippen LogP contribution in [0.5, 0.6) is 0 Å². The first-order chi connectivity index (χ1) is 14.2. The Hall–Kier alpha value is -2.62. The summed E-state index contributed by atoms with van der Waals surface area (Å²) in [6.07, 6.45) is 6.23. The molecule has 1 fully saturated rings. The standard InChI is InChI=1S/C20H24F2N6OS/c1-13-8-15(26-30(2,3)29)12-27(10-13)18-6-7-23-20(25-18)16-9-24-17-5-4-14(19(21)22)11-28(16)17/h4-7,9,11,13,15,19H,8,10,12H2,1-3H3/t13-,15+/m1/s1. The van der Waals surface area contributed by atoms with E-state index < -0.39 is 16.2 Å². The number of alkyl halides is 2. The molecule has 4 heterocycles. The lowest BCUT2D eigenvalue weighted by atomic mass is 9.97. The number of anilines is 1. The van der Waals surface area contributed by atoms with Gasteiger partial charge in [-0.05, 0) is 30.5 Å². The first kappa shape index (κ1) is 20.6. The minimum absolute atomic E-state index is 0.0286. The van der Waals surface area contributed by atoms with E-state index in [0.717, 1.165) is 18.8 Å². The smallest absolute Gasteiger partial charge is 0.265 e. The second-order valence-electron chi connectivity index (χ2n) is 8.06. The second kappa shape index (κ2) is 7.90. The molecule has 0 amide bonds. The molecule has 0 aromatic carbocycles. The third-order valence-electron chi connectivity index (χ3n) is 5.02. The highest BCUT2D eigenvalue weighted by Crippen LogP contribution is 2.27. The Kier molecular flexibility index (Phi) is 5.44. The molecule has 3 aromatic rings. The van der Waals surface area contributed by atoms with Crippen LogP contribution in [-0.2, 0) is 9.73 Å². The first-order valence-corrected chi connectivity index (χ1v) is 12.0. The van der Waals surface area contributed by atoms with Crippen molar-refractivity contribution in [3.63, 3.8) is 0 Å². The number of hydrogen-bond acceptors (Lipinski definition) is 6. The fourth-order valence-electron chi connectivity index (χ4n) is 3.88. The van der Waals surface area contributed by atoms with E-state index in [1.54, 1.807) is 35.4 Å². The highest BCUT2D eigenvalue weighted by Gasteiger charge is 2.26. The van der Waals surface area contributed by atoms with Crippen molar-refractivity contribution in [3.8, 4) is 11.5 Å². The first-order valence-electron chi connectivity index (χ1n) is 9.69. The van der Waals surface area contributed by atoms with E-state index in [4.69, 9.17) is 0 Å². The van der Waals surface area contributed by atoms with E-state index in [9.17, 15) is 13.0 Å². The number of imidazole rings is 1. The van der Waals surface area contributed by atoms with Gasteiger partial charge in [0.1, 0.15) is 17.2 Å². The Bertz CT molecular complexity index is 1180. The van der Waals surface area contributed by atoms with Gasteiger partial charge in [-0.2, -0.15) is 0 Å². The van der Waals surface area contributed by atoms with Gasteiger partial charge in [-0.15, -0.1) is 0 Å². The van der Waals surface area contributed by atoms with Crippen LogP contribution < -0.4 is 4.90 Å². The van der Waals surface area contributed by atoms with Gasteiger partial charge in [0.25, 0.3) is 6.43 Å². The number of piperidine rings is 1. The van der Waals surface area contributed by atoms with Crippen LogP contribution in [0.2, 0.25) is 0 Å². The van der Waals surface area contributed by atoms with Gasteiger partial charge < -0.3 is 4.90 Å². The summed E-state index contributed by atoms with van der Waals surface area (Å²) in [5, 5.41) is 0. The largest absolute Gasteiger partial charge is 0.354 e. The fraction of sp³-hybridized carbons (Fsp3) is 0.450. The molecule has 0 aliphatic carbocycles. The van der Waals surface area contributed by atoms with E-state index in [-0.39, 0.29) is 11.6 Å². The van der Waals surface area contributed by atoms with Gasteiger partial charge >= 0.3 is 0 Å². The average Bonchev–Trinajstić information content (AvgIpc) is 3.09. The number of hydrogen-bond donors (Lipinski definition) is 0. The van der Waals surface area contributed by atoms with E-state index in [2.05, 4.69) is 31.1 Å². The molecule has 7 nitrogen and oxygen atoms in total. The zero-order valence-corrected chi connectivity index (χ0v) is 17.9. The van der Waals surface area contributed by atoms with E-state index in [1.165, 1.54) is 12.3 Å². The quantitative estimate of drug-likeness (QED) is 0.626. The molecule has 2 atom stereocenters. The molecule has 0 bridgehead atoms. The highest BCUT2D eigenvalue weighted by atomic mass is 32.2. The summed E-state index contributed by atoms with van der Waals surface area (Å²) in [5.41, 5.74) is 1.01. The van der Waals surface area contributed by atoms with Crippen LogP contribution in [0.4, 0.5) is 14.6 Å². The van der Waals surface area contributed by atoms with Gasteiger partial charge in [-0.3, -0.25) is 8.61 Å². The maximum atomic E-state index is 13.1. The van der Waals surface area contributed by atoms with Gasteiger partial charge in [0, 0.05) is 53.3 Å². The van der Waals surface area contributed by atoms with Gasteiger partial charge in [-0.25, -0.2) is 28.1 Å². The third-order valence-corrected chi connectivity index (χ3v) is 5.82. The third kappa shape index (κ3) is 4.43. The monoisotopic (exact) mass is 434 g/mol. The topological polar surface area (TPSA) is 75.8 Å². The lowest BCUT2D eigenvalue weighted by Gasteiger charge is -2.35. The number of pyridine rings is 1. The summed E-state index contributed by atoms with van der Waals surface area (Å²) in [5.74, 6) is 1.51. The number of rotatable bonds is 4. The second-order valence-corrected chi connectivity index (χ2v) is 10.6. The van der Waals surface area contributed by atoms with Crippen LogP contribution in [0.15, 0.2) is 41.2 Å². The van der Waals surface area contributed by atoms with Crippen LogP contribution >= 0.6 is 0 Å². The van der Waals surface area contributed by atoms with Gasteiger partial charge in [-0.1, -0.05) is 6.92 Å². The van der Waals surface area contributed by atoms with Crippen LogP contribution in [0, 0.1) is 5.92 Å². The molecule has 3 aromatic heterocycles. The Balaban J connectivity index is 1.69. The van der Waals surface area contributed by atoms with Crippen molar-refractivity contribution in [2.45, 2.75) is 25.8 Å². The number of fused-ring (bicyclic) bond motifs is 1. The van der Waals surface area contributed by atoms with Crippen molar-refractivity contribution < 1.29 is 13.0 Å². The molecular formula is C20H24F2N6OS. The minimum Gasteiger partial charge on any atom is -0.354 e. The molecule has 0 saturated carbocycles. The zero-order valence-electron chi connectivity index (χ0n) is 17.1. The van der Waals surface area contributed by atoms with Gasteiger partial charge in [0.15, 0.2) is 5.82 Å². The molecule has 0 radical (unpaired) electrons. The summed E-state index contributed by atoms with van der Waals surface area (Å²) in [6, 6.07) is 4.72. The summed E-state index contributed by atoms with van der Waals surface area (Å²) >= 11 is 0. The summed E-state index contributed by atoms with van der Waals surface area (Å²) in [4.78, 5) is 15.4. The molecule has 1 saturated heterocycles. The van der Waals surface area contributed by atoms with E-state index in [1.807, 2.05) is 6.07 Å². The molecule has 1 aliphatic rings. The maximum Gasteiger partial charge on any atom is 0.265 e. The van der Waals surface area contributed by atoms with Crippen LogP contribution in [0.1, 0.15) is 25.3 Å². The maximum absolute atomic E-state index is 13.1. The molecular weight excluding hydrogens is 410 g/mol. The van der Waals surface area contributed by atoms with Crippen molar-refractivity contribution >= 4 is 21.2 Å². The molecule has 160 valence electrons. The van der Waals surface area contributed by atoms with E-state index in [0.29, 0.717) is 29.6 Å². The van der Waals surface area contributed by atoms with Gasteiger partial charge in [0.2, 0.25) is 0 Å². The van der Waals surface area contributed by atoms with Crippen molar-refractivity contribution in [3.05, 3.63) is 42.4 Å². The molecule has 4 rings (SSSR count). The van der Waals surface area contributed by atoms with Crippen molar-refractivity contribution in [2.24, 2.45) is 10.3 Å². The molecule has 30 heavy (non-hydrogen) atoms. The zero-order chi connectivity index (χ0) is 21.5. The summed E-state index contributed by atoms with van der Waals surface area (Å²) in [6.45, 7) is 3.57. The average molecular weight is 435 g/mol. The van der Waals surface area contributed by atoms with Crippen molar-refractivity contribution in [1.29, 1.82) is 0 Å². The lowest BCUT2D eigenvalue weighted by molar-refractivity contribution is 0.151. The van der Waals surface area contributed by atoms with Crippen molar-refractivity contribution in [2.75, 3.05) is 30.5 Å². The predicted molar refractivity (Wildman–Crippen MR) is 113 cm³/mol. The number of halogens is 2. The molecule has 1 aliphatic heterocycles. The Labute approximate surface area is 174 Å². The highest BCUT2D eigenvalue weighted by molar-refractivity contribution is 7.92. The number of nitrogens with zero attached hydrogens (tertiary/aromatic N) is 6. The van der Waals surface area contributed by atoms with Crippen LogP contribution in [0.3, 0.4) is 0 Å². The Morgan fingerprint density at radius 2 is 2.00 bits per heavy atom. The minimum atomic E-state index is -2.57. The Morgan fingerprint density at radius 3 is 2.73 bits per heavy atom. The molecule has 0 N–H and O–H groups in total.